The number of hydrogen-bond donors (Lipinski definition) is 2. The second-order valence-corrected chi connectivity index (χ2v) is 5.96. The minimum absolute atomic E-state index is 0.0167. The first-order chi connectivity index (χ1) is 10.6. The molecule has 0 radical (unpaired) electrons. The van der Waals surface area contributed by atoms with Crippen LogP contribution in [0.5, 0.6) is 0 Å². The summed E-state index contributed by atoms with van der Waals surface area (Å²) in [7, 11) is 0. The number of benzene rings is 2. The molecule has 2 amide bonds. The summed E-state index contributed by atoms with van der Waals surface area (Å²) in [6, 6.07) is 18.4. The van der Waals surface area contributed by atoms with Gasteiger partial charge in [-0.05, 0) is 29.5 Å². The van der Waals surface area contributed by atoms with Crippen LogP contribution in [0.3, 0.4) is 0 Å². The fourth-order valence-electron chi connectivity index (χ4n) is 2.22. The molecule has 2 aromatic carbocycles. The molecule has 116 valence electrons. The lowest BCUT2D eigenvalue weighted by atomic mass is 10.0. The Morgan fingerprint density at radius 1 is 0.909 bits per heavy atom. The highest BCUT2D eigenvalue weighted by atomic mass is 16.2. The zero-order chi connectivity index (χ0) is 15.9. The van der Waals surface area contributed by atoms with Gasteiger partial charge in [0.25, 0.3) is 0 Å². The third-order valence-corrected chi connectivity index (χ3v) is 3.54. The van der Waals surface area contributed by atoms with Crippen molar-refractivity contribution in [3.8, 4) is 11.1 Å². The molecule has 0 saturated heterocycles. The Balaban J connectivity index is 1.96. The molecule has 0 saturated carbocycles. The molecule has 22 heavy (non-hydrogen) atoms. The maximum atomic E-state index is 11.8. The zero-order valence-corrected chi connectivity index (χ0v) is 13.5. The second-order valence-electron chi connectivity index (χ2n) is 5.96. The van der Waals surface area contributed by atoms with Gasteiger partial charge in [-0.3, -0.25) is 0 Å². The molecular weight excluding hydrogens is 272 g/mol. The van der Waals surface area contributed by atoms with Gasteiger partial charge in [0, 0.05) is 6.54 Å². The predicted octanol–water partition coefficient (Wildman–Crippen LogP) is 4.37. The number of nitrogens with one attached hydrogen (secondary N) is 2. The van der Waals surface area contributed by atoms with Crippen molar-refractivity contribution in [2.24, 2.45) is 5.92 Å². The SMILES string of the molecule is CC(C)CNC(=O)NC(C)c1ccc(-c2ccccc2)cc1. The first-order valence-electron chi connectivity index (χ1n) is 7.76. The second kappa shape index (κ2) is 7.64. The minimum atomic E-state index is -0.117. The molecule has 0 aromatic heterocycles. The van der Waals surface area contributed by atoms with Gasteiger partial charge in [-0.2, -0.15) is 0 Å². The molecule has 1 atom stereocenters. The van der Waals surface area contributed by atoms with E-state index in [1.54, 1.807) is 0 Å². The van der Waals surface area contributed by atoms with Gasteiger partial charge in [0.1, 0.15) is 0 Å². The van der Waals surface area contributed by atoms with Crippen LogP contribution in [0.25, 0.3) is 11.1 Å². The molecule has 2 aromatic rings. The van der Waals surface area contributed by atoms with Crippen LogP contribution in [0.2, 0.25) is 0 Å². The van der Waals surface area contributed by atoms with Crippen molar-refractivity contribution in [1.82, 2.24) is 10.6 Å². The number of amides is 2. The van der Waals surface area contributed by atoms with E-state index in [1.165, 1.54) is 11.1 Å². The van der Waals surface area contributed by atoms with Gasteiger partial charge in [-0.25, -0.2) is 4.79 Å². The normalized spacial score (nSPS) is 12.0. The van der Waals surface area contributed by atoms with Crippen LogP contribution < -0.4 is 10.6 Å². The number of urea groups is 1. The van der Waals surface area contributed by atoms with Gasteiger partial charge >= 0.3 is 6.03 Å². The van der Waals surface area contributed by atoms with Crippen molar-refractivity contribution >= 4 is 6.03 Å². The van der Waals surface area contributed by atoms with E-state index in [2.05, 4.69) is 60.9 Å². The Bertz CT molecular complexity index is 591. The van der Waals surface area contributed by atoms with Crippen molar-refractivity contribution < 1.29 is 4.79 Å². The fraction of sp³-hybridized carbons (Fsp3) is 0.316. The summed E-state index contributed by atoms with van der Waals surface area (Å²) >= 11 is 0. The van der Waals surface area contributed by atoms with Gasteiger partial charge in [-0.1, -0.05) is 68.4 Å². The number of hydrogen-bond acceptors (Lipinski definition) is 1. The van der Waals surface area contributed by atoms with Crippen LogP contribution in [0, 0.1) is 5.92 Å². The molecule has 1 unspecified atom stereocenters. The molecule has 2 N–H and O–H groups in total. The van der Waals surface area contributed by atoms with E-state index in [0.29, 0.717) is 12.5 Å². The Morgan fingerprint density at radius 2 is 1.50 bits per heavy atom. The lowest BCUT2D eigenvalue weighted by Gasteiger charge is -2.16. The molecule has 0 heterocycles. The standard InChI is InChI=1S/C19H24N2O/c1-14(2)13-20-19(22)21-15(3)16-9-11-18(12-10-16)17-7-5-4-6-8-17/h4-12,14-15H,13H2,1-3H3,(H2,20,21,22). The Labute approximate surface area is 132 Å². The van der Waals surface area contributed by atoms with Crippen molar-refractivity contribution in [1.29, 1.82) is 0 Å². The van der Waals surface area contributed by atoms with Crippen molar-refractivity contribution in [2.75, 3.05) is 6.54 Å². The molecule has 3 nitrogen and oxygen atoms in total. The van der Waals surface area contributed by atoms with Crippen LogP contribution in [0.1, 0.15) is 32.4 Å². The van der Waals surface area contributed by atoms with E-state index >= 15 is 0 Å². The van der Waals surface area contributed by atoms with Gasteiger partial charge in [0.05, 0.1) is 6.04 Å². The fourth-order valence-corrected chi connectivity index (χ4v) is 2.22. The summed E-state index contributed by atoms with van der Waals surface area (Å²) in [6.45, 7) is 6.83. The predicted molar refractivity (Wildman–Crippen MR) is 91.7 cm³/mol. The molecule has 0 fully saturated rings. The van der Waals surface area contributed by atoms with E-state index < -0.39 is 0 Å². The highest BCUT2D eigenvalue weighted by Crippen LogP contribution is 2.21. The van der Waals surface area contributed by atoms with Gasteiger partial charge < -0.3 is 10.6 Å². The highest BCUT2D eigenvalue weighted by Gasteiger charge is 2.09. The van der Waals surface area contributed by atoms with Crippen LogP contribution in [0.4, 0.5) is 4.79 Å². The molecule has 2 rings (SSSR count). The lowest BCUT2D eigenvalue weighted by Crippen LogP contribution is -2.38. The summed E-state index contributed by atoms with van der Waals surface area (Å²) in [5, 5.41) is 5.83. The van der Waals surface area contributed by atoms with Crippen molar-refractivity contribution in [2.45, 2.75) is 26.8 Å². The quantitative estimate of drug-likeness (QED) is 0.845. The number of carbonyl (C=O) groups excluding carboxylic acids is 1. The molecule has 0 aliphatic rings. The molecule has 3 heteroatoms. The lowest BCUT2D eigenvalue weighted by molar-refractivity contribution is 0.236. The van der Waals surface area contributed by atoms with Crippen LogP contribution >= 0.6 is 0 Å². The highest BCUT2D eigenvalue weighted by molar-refractivity contribution is 5.74. The average Bonchev–Trinajstić information content (AvgIpc) is 2.54. The topological polar surface area (TPSA) is 41.1 Å². The molecule has 0 spiro atoms. The van der Waals surface area contributed by atoms with Crippen LogP contribution in [-0.4, -0.2) is 12.6 Å². The zero-order valence-electron chi connectivity index (χ0n) is 13.5. The maximum absolute atomic E-state index is 11.8. The van der Waals surface area contributed by atoms with Gasteiger partial charge in [0.15, 0.2) is 0 Å². The van der Waals surface area contributed by atoms with Crippen LogP contribution in [0.15, 0.2) is 54.6 Å². The average molecular weight is 296 g/mol. The van der Waals surface area contributed by atoms with E-state index in [9.17, 15) is 4.79 Å². The third kappa shape index (κ3) is 4.62. The van der Waals surface area contributed by atoms with Gasteiger partial charge in [0.2, 0.25) is 0 Å². The third-order valence-electron chi connectivity index (χ3n) is 3.54. The Hall–Kier alpha value is -2.29. The molecular formula is C19H24N2O. The van der Waals surface area contributed by atoms with E-state index in [-0.39, 0.29) is 12.1 Å². The monoisotopic (exact) mass is 296 g/mol. The van der Waals surface area contributed by atoms with E-state index in [1.807, 2.05) is 25.1 Å². The first kappa shape index (κ1) is 16.1. The molecule has 0 aliphatic heterocycles. The van der Waals surface area contributed by atoms with Crippen molar-refractivity contribution in [3.05, 3.63) is 60.2 Å². The largest absolute Gasteiger partial charge is 0.338 e. The van der Waals surface area contributed by atoms with E-state index in [0.717, 1.165) is 5.56 Å². The number of rotatable bonds is 5. The minimum Gasteiger partial charge on any atom is -0.338 e. The van der Waals surface area contributed by atoms with E-state index in [4.69, 9.17) is 0 Å². The van der Waals surface area contributed by atoms with Gasteiger partial charge in [-0.15, -0.1) is 0 Å². The summed E-state index contributed by atoms with van der Waals surface area (Å²) in [6.07, 6.45) is 0. The maximum Gasteiger partial charge on any atom is 0.315 e. The summed E-state index contributed by atoms with van der Waals surface area (Å²) < 4.78 is 0. The Morgan fingerprint density at radius 3 is 2.09 bits per heavy atom. The summed E-state index contributed by atoms with van der Waals surface area (Å²) in [5.74, 6) is 0.450. The smallest absolute Gasteiger partial charge is 0.315 e. The van der Waals surface area contributed by atoms with Crippen molar-refractivity contribution in [3.63, 3.8) is 0 Å². The van der Waals surface area contributed by atoms with Crippen LogP contribution in [-0.2, 0) is 0 Å². The molecule has 0 aliphatic carbocycles. The summed E-state index contributed by atoms with van der Waals surface area (Å²) in [5.41, 5.74) is 3.48. The molecule has 0 bridgehead atoms. The summed E-state index contributed by atoms with van der Waals surface area (Å²) in [4.78, 5) is 11.8. The first-order valence-corrected chi connectivity index (χ1v) is 7.76. The Kier molecular flexibility index (Phi) is 5.59. The number of carbonyl (C=O) groups is 1.